The average molecular weight is 566 g/mol. The lowest BCUT2D eigenvalue weighted by Crippen LogP contribution is -2.36. The number of hydrogen-bond acceptors (Lipinski definition) is 4. The van der Waals surface area contributed by atoms with Gasteiger partial charge >= 0.3 is 0 Å². The maximum absolute atomic E-state index is 12.0. The predicted molar refractivity (Wildman–Crippen MR) is 143 cm³/mol. The fourth-order valence-electron chi connectivity index (χ4n) is 3.72. The van der Waals surface area contributed by atoms with E-state index >= 15 is 0 Å². The molecule has 1 saturated carbocycles. The lowest BCUT2D eigenvalue weighted by Gasteiger charge is -2.17. The third-order valence-corrected chi connectivity index (χ3v) is 5.57. The summed E-state index contributed by atoms with van der Waals surface area (Å²) in [6.45, 7) is 1.21. The lowest BCUT2D eigenvalue weighted by atomic mass is 10.1. The molecule has 0 saturated heterocycles. The molecule has 7 nitrogen and oxygen atoms in total. The summed E-state index contributed by atoms with van der Waals surface area (Å²) < 4.78 is 11.7. The summed E-state index contributed by atoms with van der Waals surface area (Å²) in [5, 5.41) is 6.63. The molecular formula is C25H35IN4O3. The Morgan fingerprint density at radius 3 is 2.18 bits per heavy atom. The van der Waals surface area contributed by atoms with Gasteiger partial charge in [0.2, 0.25) is 0 Å². The predicted octanol–water partition coefficient (Wildman–Crippen LogP) is 4.20. The number of nitrogens with one attached hydrogen (secondary N) is 2. The van der Waals surface area contributed by atoms with E-state index in [-0.39, 0.29) is 29.9 Å². The zero-order chi connectivity index (χ0) is 22.9. The Morgan fingerprint density at radius 2 is 1.61 bits per heavy atom. The molecule has 2 aromatic rings. The van der Waals surface area contributed by atoms with Gasteiger partial charge in [-0.15, -0.1) is 24.0 Å². The van der Waals surface area contributed by atoms with E-state index in [9.17, 15) is 4.79 Å². The maximum atomic E-state index is 12.0. The Bertz CT molecular complexity index is 926. The third kappa shape index (κ3) is 7.80. The second-order valence-electron chi connectivity index (χ2n) is 8.19. The van der Waals surface area contributed by atoms with E-state index in [4.69, 9.17) is 9.47 Å². The van der Waals surface area contributed by atoms with Gasteiger partial charge < -0.3 is 25.0 Å². The number of methoxy groups -OCH3 is 1. The number of rotatable bonds is 8. The van der Waals surface area contributed by atoms with Gasteiger partial charge in [-0.2, -0.15) is 0 Å². The summed E-state index contributed by atoms with van der Waals surface area (Å²) in [5.74, 6) is 2.26. The van der Waals surface area contributed by atoms with Crippen LogP contribution in [0.1, 0.15) is 47.2 Å². The average Bonchev–Trinajstić information content (AvgIpc) is 3.33. The van der Waals surface area contributed by atoms with Crippen molar-refractivity contribution in [2.24, 2.45) is 4.99 Å². The maximum Gasteiger partial charge on any atom is 0.253 e. The summed E-state index contributed by atoms with van der Waals surface area (Å²) in [7, 11) is 6.91. The number of benzene rings is 2. The second-order valence-corrected chi connectivity index (χ2v) is 8.19. The zero-order valence-corrected chi connectivity index (χ0v) is 22.2. The van der Waals surface area contributed by atoms with Crippen molar-refractivity contribution in [2.45, 2.75) is 44.9 Å². The van der Waals surface area contributed by atoms with Crippen LogP contribution in [0.5, 0.6) is 11.5 Å². The number of carbonyl (C=O) groups excluding carboxylic acids is 1. The van der Waals surface area contributed by atoms with Crippen molar-refractivity contribution < 1.29 is 14.3 Å². The number of guanidine groups is 1. The smallest absolute Gasteiger partial charge is 0.253 e. The van der Waals surface area contributed by atoms with Crippen molar-refractivity contribution in [3.63, 3.8) is 0 Å². The lowest BCUT2D eigenvalue weighted by molar-refractivity contribution is 0.0827. The topological polar surface area (TPSA) is 75.2 Å². The molecule has 33 heavy (non-hydrogen) atoms. The molecule has 0 unspecified atom stereocenters. The second kappa shape index (κ2) is 13.3. The molecular weight excluding hydrogens is 531 g/mol. The molecule has 2 N–H and O–H groups in total. The molecule has 1 aliphatic rings. The normalized spacial score (nSPS) is 13.8. The van der Waals surface area contributed by atoms with Crippen LogP contribution in [0.3, 0.4) is 0 Å². The minimum absolute atomic E-state index is 0. The number of nitrogens with zero attached hydrogens (tertiary/aromatic N) is 2. The van der Waals surface area contributed by atoms with Gasteiger partial charge in [-0.05, 0) is 61.1 Å². The van der Waals surface area contributed by atoms with Crippen LogP contribution in [0.25, 0.3) is 0 Å². The Balaban J connectivity index is 0.00000385. The highest BCUT2D eigenvalue weighted by atomic mass is 127. The van der Waals surface area contributed by atoms with E-state index in [0.29, 0.717) is 30.7 Å². The summed E-state index contributed by atoms with van der Waals surface area (Å²) in [5.41, 5.74) is 2.82. The van der Waals surface area contributed by atoms with E-state index in [1.54, 1.807) is 33.2 Å². The molecule has 180 valence electrons. The minimum atomic E-state index is -0.00271. The van der Waals surface area contributed by atoms with Gasteiger partial charge in [-0.25, -0.2) is 0 Å². The molecule has 0 radical (unpaired) electrons. The number of carbonyl (C=O) groups is 1. The number of hydrogen-bond donors (Lipinski definition) is 2. The summed E-state index contributed by atoms with van der Waals surface area (Å²) in [6.07, 6.45) is 5.00. The Morgan fingerprint density at radius 1 is 1.00 bits per heavy atom. The molecule has 1 fully saturated rings. The Kier molecular flexibility index (Phi) is 10.8. The fourth-order valence-corrected chi connectivity index (χ4v) is 3.72. The van der Waals surface area contributed by atoms with Crippen LogP contribution in [-0.2, 0) is 13.1 Å². The zero-order valence-electron chi connectivity index (χ0n) is 19.9. The highest BCUT2D eigenvalue weighted by Gasteiger charge is 2.18. The molecule has 0 spiro atoms. The monoisotopic (exact) mass is 566 g/mol. The highest BCUT2D eigenvalue weighted by Crippen LogP contribution is 2.32. The molecule has 0 aromatic heterocycles. The molecule has 0 heterocycles. The molecule has 2 aromatic carbocycles. The van der Waals surface area contributed by atoms with E-state index in [1.165, 1.54) is 12.8 Å². The Labute approximate surface area is 214 Å². The van der Waals surface area contributed by atoms with Crippen molar-refractivity contribution in [1.29, 1.82) is 0 Å². The molecule has 1 amide bonds. The van der Waals surface area contributed by atoms with Gasteiger partial charge in [-0.3, -0.25) is 9.79 Å². The first-order valence-corrected chi connectivity index (χ1v) is 11.1. The number of halogens is 1. The minimum Gasteiger partial charge on any atom is -0.493 e. The van der Waals surface area contributed by atoms with Crippen LogP contribution in [-0.4, -0.2) is 51.1 Å². The molecule has 8 heteroatoms. The first kappa shape index (κ1) is 26.8. The van der Waals surface area contributed by atoms with Gasteiger partial charge in [0.25, 0.3) is 5.91 Å². The van der Waals surface area contributed by atoms with Crippen molar-refractivity contribution in [2.75, 3.05) is 28.3 Å². The van der Waals surface area contributed by atoms with Gasteiger partial charge in [0.1, 0.15) is 0 Å². The fraction of sp³-hybridized carbons (Fsp3) is 0.440. The van der Waals surface area contributed by atoms with E-state index < -0.39 is 0 Å². The van der Waals surface area contributed by atoms with Crippen molar-refractivity contribution >= 4 is 35.8 Å². The van der Waals surface area contributed by atoms with Crippen LogP contribution in [0.15, 0.2) is 47.5 Å². The number of ether oxygens (including phenoxy) is 2. The standard InChI is InChI=1S/C25H34N4O3.HI/c1-26-25(27-16-18-9-12-20(13-10-18)24(30)29(2)3)28-17-19-11-14-22(23(15-19)31-4)32-21-7-5-6-8-21;/h9-15,21H,5-8,16-17H2,1-4H3,(H2,26,27,28);1H. The first-order valence-electron chi connectivity index (χ1n) is 11.1. The van der Waals surface area contributed by atoms with Crippen LogP contribution < -0.4 is 20.1 Å². The summed E-state index contributed by atoms with van der Waals surface area (Å²) in [6, 6.07) is 13.6. The van der Waals surface area contributed by atoms with Crippen molar-refractivity contribution in [3.8, 4) is 11.5 Å². The SMILES string of the molecule is CN=C(NCc1ccc(C(=O)N(C)C)cc1)NCc1ccc(OC2CCCC2)c(OC)c1.I. The van der Waals surface area contributed by atoms with Crippen molar-refractivity contribution in [1.82, 2.24) is 15.5 Å². The number of amides is 1. The molecule has 1 aliphatic carbocycles. The molecule has 0 bridgehead atoms. The van der Waals surface area contributed by atoms with Gasteiger partial charge in [-0.1, -0.05) is 18.2 Å². The third-order valence-electron chi connectivity index (χ3n) is 5.57. The van der Waals surface area contributed by atoms with Crippen LogP contribution >= 0.6 is 24.0 Å². The number of aliphatic imine (C=N–C) groups is 1. The summed E-state index contributed by atoms with van der Waals surface area (Å²) in [4.78, 5) is 17.9. The van der Waals surface area contributed by atoms with E-state index in [1.807, 2.05) is 42.5 Å². The summed E-state index contributed by atoms with van der Waals surface area (Å²) >= 11 is 0. The van der Waals surface area contributed by atoms with Gasteiger partial charge in [0.05, 0.1) is 13.2 Å². The van der Waals surface area contributed by atoms with Gasteiger partial charge in [0.15, 0.2) is 17.5 Å². The first-order chi connectivity index (χ1) is 15.5. The van der Waals surface area contributed by atoms with E-state index in [2.05, 4.69) is 15.6 Å². The highest BCUT2D eigenvalue weighted by molar-refractivity contribution is 14.0. The molecule has 3 rings (SSSR count). The quantitative estimate of drug-likeness (QED) is 0.285. The van der Waals surface area contributed by atoms with Crippen LogP contribution in [0.4, 0.5) is 0 Å². The van der Waals surface area contributed by atoms with Crippen LogP contribution in [0.2, 0.25) is 0 Å². The molecule has 0 atom stereocenters. The van der Waals surface area contributed by atoms with Crippen molar-refractivity contribution in [3.05, 3.63) is 59.2 Å². The van der Waals surface area contributed by atoms with E-state index in [0.717, 1.165) is 35.5 Å². The Hall–Kier alpha value is -2.49. The largest absolute Gasteiger partial charge is 0.493 e. The van der Waals surface area contributed by atoms with Crippen LogP contribution in [0, 0.1) is 0 Å². The molecule has 0 aliphatic heterocycles. The van der Waals surface area contributed by atoms with Gasteiger partial charge in [0, 0.05) is 39.8 Å².